The van der Waals surface area contributed by atoms with E-state index in [2.05, 4.69) is 24.4 Å². The predicted octanol–water partition coefficient (Wildman–Crippen LogP) is 3.66. The van der Waals surface area contributed by atoms with Crippen molar-refractivity contribution in [2.24, 2.45) is 11.0 Å². The SMILES string of the molecule is COc1cc(/C=N\NC(=O)c2ccc(OCCC(C)C)cc2)cc2c1OCCO2. The van der Waals surface area contributed by atoms with E-state index < -0.39 is 0 Å². The van der Waals surface area contributed by atoms with E-state index in [0.717, 1.165) is 17.7 Å². The highest BCUT2D eigenvalue weighted by atomic mass is 16.6. The van der Waals surface area contributed by atoms with Crippen molar-refractivity contribution in [3.63, 3.8) is 0 Å². The van der Waals surface area contributed by atoms with E-state index in [1.807, 2.05) is 0 Å². The van der Waals surface area contributed by atoms with Crippen molar-refractivity contribution in [1.29, 1.82) is 0 Å². The van der Waals surface area contributed by atoms with Gasteiger partial charge in [0.2, 0.25) is 5.75 Å². The van der Waals surface area contributed by atoms with Crippen molar-refractivity contribution in [2.45, 2.75) is 20.3 Å². The molecule has 154 valence electrons. The molecule has 0 saturated carbocycles. The fourth-order valence-electron chi connectivity index (χ4n) is 2.71. The van der Waals surface area contributed by atoms with Crippen LogP contribution in [0.5, 0.6) is 23.0 Å². The first-order chi connectivity index (χ1) is 14.1. The predicted molar refractivity (Wildman–Crippen MR) is 110 cm³/mol. The number of nitrogens with zero attached hydrogens (tertiary/aromatic N) is 1. The number of carbonyl (C=O) groups excluding carboxylic acids is 1. The first-order valence-electron chi connectivity index (χ1n) is 9.60. The van der Waals surface area contributed by atoms with Crippen LogP contribution in [-0.4, -0.2) is 39.1 Å². The van der Waals surface area contributed by atoms with Gasteiger partial charge in [0.25, 0.3) is 5.91 Å². The maximum Gasteiger partial charge on any atom is 0.271 e. The lowest BCUT2D eigenvalue weighted by Crippen LogP contribution is -2.18. The topological polar surface area (TPSA) is 78.4 Å². The molecule has 1 heterocycles. The molecule has 0 aromatic heterocycles. The molecule has 29 heavy (non-hydrogen) atoms. The first kappa shape index (κ1) is 20.5. The Hall–Kier alpha value is -3.22. The van der Waals surface area contributed by atoms with Crippen LogP contribution in [-0.2, 0) is 0 Å². The van der Waals surface area contributed by atoms with Crippen LogP contribution in [0.3, 0.4) is 0 Å². The first-order valence-corrected chi connectivity index (χ1v) is 9.60. The quantitative estimate of drug-likeness (QED) is 0.542. The van der Waals surface area contributed by atoms with Gasteiger partial charge in [0.15, 0.2) is 11.5 Å². The number of hydrogen-bond donors (Lipinski definition) is 1. The van der Waals surface area contributed by atoms with Crippen LogP contribution >= 0.6 is 0 Å². The summed E-state index contributed by atoms with van der Waals surface area (Å²) >= 11 is 0. The summed E-state index contributed by atoms with van der Waals surface area (Å²) in [7, 11) is 1.56. The second kappa shape index (κ2) is 9.82. The van der Waals surface area contributed by atoms with E-state index in [0.29, 0.717) is 48.6 Å². The lowest BCUT2D eigenvalue weighted by Gasteiger charge is -2.20. The molecule has 0 saturated heterocycles. The zero-order valence-corrected chi connectivity index (χ0v) is 16.9. The lowest BCUT2D eigenvalue weighted by atomic mass is 10.1. The van der Waals surface area contributed by atoms with E-state index in [-0.39, 0.29) is 5.91 Å². The Morgan fingerprint density at radius 3 is 2.69 bits per heavy atom. The summed E-state index contributed by atoms with van der Waals surface area (Å²) in [6.07, 6.45) is 2.52. The average molecular weight is 398 g/mol. The molecule has 0 aliphatic carbocycles. The van der Waals surface area contributed by atoms with Crippen LogP contribution in [0, 0.1) is 5.92 Å². The number of amides is 1. The molecule has 7 heteroatoms. The standard InChI is InChI=1S/C22H26N2O5/c1-15(2)8-9-27-18-6-4-17(5-7-18)22(25)24-23-14-16-12-19(26-3)21-20(13-16)28-10-11-29-21/h4-7,12-15H,8-11H2,1-3H3,(H,24,25)/b23-14-. The second-order valence-electron chi connectivity index (χ2n) is 7.00. The maximum atomic E-state index is 12.3. The highest BCUT2D eigenvalue weighted by Gasteiger charge is 2.18. The Labute approximate surface area is 170 Å². The van der Waals surface area contributed by atoms with Crippen LogP contribution < -0.4 is 24.4 Å². The minimum atomic E-state index is -0.306. The van der Waals surface area contributed by atoms with Gasteiger partial charge in [0.05, 0.1) is 19.9 Å². The molecule has 2 aromatic carbocycles. The molecule has 0 fully saturated rings. The minimum Gasteiger partial charge on any atom is -0.494 e. The molecule has 3 rings (SSSR count). The smallest absolute Gasteiger partial charge is 0.271 e. The van der Waals surface area contributed by atoms with Crippen molar-refractivity contribution < 1.29 is 23.7 Å². The summed E-state index contributed by atoms with van der Waals surface area (Å²) in [5.74, 6) is 2.76. The second-order valence-corrected chi connectivity index (χ2v) is 7.00. The van der Waals surface area contributed by atoms with E-state index in [4.69, 9.17) is 18.9 Å². The molecular formula is C22H26N2O5. The van der Waals surface area contributed by atoms with Gasteiger partial charge in [0, 0.05) is 11.1 Å². The number of methoxy groups -OCH3 is 1. The third kappa shape index (κ3) is 5.63. The zero-order chi connectivity index (χ0) is 20.6. The number of nitrogens with one attached hydrogen (secondary N) is 1. The third-order valence-electron chi connectivity index (χ3n) is 4.31. The van der Waals surface area contributed by atoms with Gasteiger partial charge < -0.3 is 18.9 Å². The highest BCUT2D eigenvalue weighted by molar-refractivity contribution is 5.95. The molecule has 1 aliphatic rings. The summed E-state index contributed by atoms with van der Waals surface area (Å²) in [5, 5.41) is 4.03. The number of rotatable bonds is 8. The van der Waals surface area contributed by atoms with Crippen LogP contribution in [0.2, 0.25) is 0 Å². The van der Waals surface area contributed by atoms with Gasteiger partial charge >= 0.3 is 0 Å². The van der Waals surface area contributed by atoms with Crippen LogP contribution in [0.15, 0.2) is 41.5 Å². The van der Waals surface area contributed by atoms with E-state index in [1.165, 1.54) is 6.21 Å². The number of benzene rings is 2. The van der Waals surface area contributed by atoms with Crippen LogP contribution in [0.1, 0.15) is 36.2 Å². The van der Waals surface area contributed by atoms with Gasteiger partial charge in [0.1, 0.15) is 19.0 Å². The number of hydrazone groups is 1. The molecule has 7 nitrogen and oxygen atoms in total. The maximum absolute atomic E-state index is 12.3. The average Bonchev–Trinajstić information content (AvgIpc) is 2.73. The molecular weight excluding hydrogens is 372 g/mol. The molecule has 0 spiro atoms. The third-order valence-corrected chi connectivity index (χ3v) is 4.31. The normalized spacial score (nSPS) is 12.8. The molecule has 1 N–H and O–H groups in total. The molecule has 1 aliphatic heterocycles. The fraction of sp³-hybridized carbons (Fsp3) is 0.364. The minimum absolute atomic E-state index is 0.306. The lowest BCUT2D eigenvalue weighted by molar-refractivity contribution is 0.0955. The van der Waals surface area contributed by atoms with Gasteiger partial charge in [-0.2, -0.15) is 5.10 Å². The Balaban J connectivity index is 1.58. The number of hydrogen-bond acceptors (Lipinski definition) is 6. The van der Waals surface area contributed by atoms with Gasteiger partial charge in [-0.1, -0.05) is 13.8 Å². The molecule has 2 aromatic rings. The molecule has 0 unspecified atom stereocenters. The van der Waals surface area contributed by atoms with Crippen molar-refractivity contribution in [3.05, 3.63) is 47.5 Å². The summed E-state index contributed by atoms with van der Waals surface area (Å²) in [6.45, 7) is 5.92. The Morgan fingerprint density at radius 1 is 1.21 bits per heavy atom. The Kier molecular flexibility index (Phi) is 6.94. The summed E-state index contributed by atoms with van der Waals surface area (Å²) in [6, 6.07) is 10.5. The van der Waals surface area contributed by atoms with Crippen molar-refractivity contribution >= 4 is 12.1 Å². The van der Waals surface area contributed by atoms with E-state index >= 15 is 0 Å². The van der Waals surface area contributed by atoms with Gasteiger partial charge in [-0.25, -0.2) is 5.43 Å². The monoisotopic (exact) mass is 398 g/mol. The largest absolute Gasteiger partial charge is 0.494 e. The van der Waals surface area contributed by atoms with Crippen molar-refractivity contribution in [2.75, 3.05) is 26.9 Å². The molecule has 1 amide bonds. The summed E-state index contributed by atoms with van der Waals surface area (Å²) in [4.78, 5) is 12.3. The molecule has 0 bridgehead atoms. The van der Waals surface area contributed by atoms with Gasteiger partial charge in [-0.05, 0) is 48.7 Å². The van der Waals surface area contributed by atoms with E-state index in [1.54, 1.807) is 43.5 Å². The molecule has 0 atom stereocenters. The summed E-state index contributed by atoms with van der Waals surface area (Å²) in [5.41, 5.74) is 3.74. The number of ether oxygens (including phenoxy) is 4. The summed E-state index contributed by atoms with van der Waals surface area (Å²) < 4.78 is 22.2. The Morgan fingerprint density at radius 2 is 1.97 bits per heavy atom. The van der Waals surface area contributed by atoms with Gasteiger partial charge in [-0.15, -0.1) is 0 Å². The fourth-order valence-corrected chi connectivity index (χ4v) is 2.71. The zero-order valence-electron chi connectivity index (χ0n) is 16.9. The van der Waals surface area contributed by atoms with E-state index in [9.17, 15) is 4.79 Å². The molecule has 0 radical (unpaired) electrons. The van der Waals surface area contributed by atoms with Crippen molar-refractivity contribution in [1.82, 2.24) is 5.43 Å². The Bertz CT molecular complexity index is 845. The van der Waals surface area contributed by atoms with Crippen molar-refractivity contribution in [3.8, 4) is 23.0 Å². The highest BCUT2D eigenvalue weighted by Crippen LogP contribution is 2.39. The van der Waals surface area contributed by atoms with Crippen LogP contribution in [0.25, 0.3) is 0 Å². The number of carbonyl (C=O) groups is 1. The van der Waals surface area contributed by atoms with Crippen LogP contribution in [0.4, 0.5) is 0 Å². The van der Waals surface area contributed by atoms with Gasteiger partial charge in [-0.3, -0.25) is 4.79 Å². The number of fused-ring (bicyclic) bond motifs is 1.